The third-order valence-corrected chi connectivity index (χ3v) is 4.18. The van der Waals surface area contributed by atoms with Crippen molar-refractivity contribution in [3.63, 3.8) is 0 Å². The topological polar surface area (TPSA) is 47.0 Å². The Bertz CT molecular complexity index is 619. The Hall–Kier alpha value is -1.65. The molecule has 1 fully saturated rings. The van der Waals surface area contributed by atoms with Gasteiger partial charge in [0.05, 0.1) is 12.6 Å². The van der Waals surface area contributed by atoms with Gasteiger partial charge in [0.2, 0.25) is 5.95 Å². The summed E-state index contributed by atoms with van der Waals surface area (Å²) in [7, 11) is 0. The van der Waals surface area contributed by atoms with Gasteiger partial charge in [-0.15, -0.1) is 0 Å². The summed E-state index contributed by atoms with van der Waals surface area (Å²) in [5.74, 6) is 1.08. The van der Waals surface area contributed by atoms with Crippen LogP contribution in [0.1, 0.15) is 29.4 Å². The first-order valence-corrected chi connectivity index (χ1v) is 7.91. The van der Waals surface area contributed by atoms with Crippen molar-refractivity contribution in [2.45, 2.75) is 26.3 Å². The monoisotopic (exact) mass is 317 g/mol. The van der Waals surface area contributed by atoms with Crippen LogP contribution in [0.25, 0.3) is 0 Å². The molecule has 1 aromatic heterocycles. The van der Waals surface area contributed by atoms with Crippen molar-refractivity contribution >= 4 is 17.5 Å². The maximum absolute atomic E-state index is 6.01. The van der Waals surface area contributed by atoms with Crippen LogP contribution in [-0.4, -0.2) is 23.2 Å². The van der Waals surface area contributed by atoms with Crippen LogP contribution in [0.2, 0.25) is 5.02 Å². The second-order valence-electron chi connectivity index (χ2n) is 5.77. The fourth-order valence-corrected chi connectivity index (χ4v) is 3.01. The molecule has 3 rings (SSSR count). The summed E-state index contributed by atoms with van der Waals surface area (Å²) in [6.07, 6.45) is 1.03. The molecule has 0 aliphatic carbocycles. The zero-order valence-corrected chi connectivity index (χ0v) is 13.6. The first kappa shape index (κ1) is 15.3. The predicted molar refractivity (Wildman–Crippen MR) is 88.2 cm³/mol. The van der Waals surface area contributed by atoms with Gasteiger partial charge in [-0.05, 0) is 44.0 Å². The average molecular weight is 318 g/mol. The molecule has 1 aliphatic heterocycles. The van der Waals surface area contributed by atoms with E-state index in [9.17, 15) is 0 Å². The molecule has 1 aliphatic rings. The number of nitrogens with one attached hydrogen (secondary N) is 1. The number of halogens is 1. The minimum atomic E-state index is 0.126. The van der Waals surface area contributed by atoms with E-state index >= 15 is 0 Å². The normalized spacial score (nSPS) is 19.1. The highest BCUT2D eigenvalue weighted by Crippen LogP contribution is 2.32. The molecule has 1 saturated heterocycles. The van der Waals surface area contributed by atoms with Crippen LogP contribution in [0.5, 0.6) is 0 Å². The van der Waals surface area contributed by atoms with Gasteiger partial charge in [0.1, 0.15) is 0 Å². The maximum atomic E-state index is 6.01. The Morgan fingerprint density at radius 1 is 1.18 bits per heavy atom. The smallest absolute Gasteiger partial charge is 0.223 e. The SMILES string of the molecule is Cc1cc(C)nc(N[C@H](c2ccc(Cl)cc2)[C@@H]2CCOC2)n1. The molecule has 0 bridgehead atoms. The number of hydrogen-bond acceptors (Lipinski definition) is 4. The molecule has 116 valence electrons. The van der Waals surface area contributed by atoms with Gasteiger partial charge in [-0.3, -0.25) is 0 Å². The lowest BCUT2D eigenvalue weighted by Crippen LogP contribution is -2.22. The van der Waals surface area contributed by atoms with E-state index in [-0.39, 0.29) is 6.04 Å². The standard InChI is InChI=1S/C17H20ClN3O/c1-11-9-12(2)20-17(19-11)21-16(14-7-8-22-10-14)13-3-5-15(18)6-4-13/h3-6,9,14,16H,7-8,10H2,1-2H3,(H,19,20,21)/t14-,16-/m1/s1. The molecule has 0 amide bonds. The zero-order valence-electron chi connectivity index (χ0n) is 12.8. The van der Waals surface area contributed by atoms with Gasteiger partial charge in [-0.25, -0.2) is 9.97 Å². The molecule has 2 aromatic rings. The molecule has 0 saturated carbocycles. The molecule has 1 aromatic carbocycles. The zero-order chi connectivity index (χ0) is 15.5. The maximum Gasteiger partial charge on any atom is 0.223 e. The highest BCUT2D eigenvalue weighted by molar-refractivity contribution is 6.30. The second kappa shape index (κ2) is 6.63. The molecular weight excluding hydrogens is 298 g/mol. The number of aromatic nitrogens is 2. The molecular formula is C17H20ClN3O. The van der Waals surface area contributed by atoms with Crippen LogP contribution in [0, 0.1) is 19.8 Å². The highest BCUT2D eigenvalue weighted by Gasteiger charge is 2.27. The Labute approximate surface area is 135 Å². The van der Waals surface area contributed by atoms with Crippen molar-refractivity contribution in [3.05, 3.63) is 52.3 Å². The van der Waals surface area contributed by atoms with E-state index in [0.29, 0.717) is 11.9 Å². The van der Waals surface area contributed by atoms with E-state index in [4.69, 9.17) is 16.3 Å². The van der Waals surface area contributed by atoms with Crippen LogP contribution in [-0.2, 0) is 4.74 Å². The van der Waals surface area contributed by atoms with Gasteiger partial charge in [0, 0.05) is 28.9 Å². The number of ether oxygens (including phenoxy) is 1. The van der Waals surface area contributed by atoms with Crippen LogP contribution in [0.3, 0.4) is 0 Å². The van der Waals surface area contributed by atoms with Gasteiger partial charge in [-0.1, -0.05) is 23.7 Å². The number of anilines is 1. The Kier molecular flexibility index (Phi) is 4.60. The molecule has 0 spiro atoms. The number of benzene rings is 1. The lowest BCUT2D eigenvalue weighted by molar-refractivity contribution is 0.182. The quantitative estimate of drug-likeness (QED) is 0.928. The Morgan fingerprint density at radius 3 is 2.45 bits per heavy atom. The fourth-order valence-electron chi connectivity index (χ4n) is 2.89. The lowest BCUT2D eigenvalue weighted by Gasteiger charge is -2.24. The van der Waals surface area contributed by atoms with Crippen LogP contribution in [0.15, 0.2) is 30.3 Å². The number of aryl methyl sites for hydroxylation is 2. The van der Waals surface area contributed by atoms with E-state index in [1.54, 1.807) is 0 Å². The third-order valence-electron chi connectivity index (χ3n) is 3.93. The van der Waals surface area contributed by atoms with Gasteiger partial charge >= 0.3 is 0 Å². The van der Waals surface area contributed by atoms with Crippen molar-refractivity contribution in [2.24, 2.45) is 5.92 Å². The molecule has 2 atom stereocenters. The summed E-state index contributed by atoms with van der Waals surface area (Å²) in [5, 5.41) is 4.24. The van der Waals surface area contributed by atoms with Gasteiger partial charge in [-0.2, -0.15) is 0 Å². The molecule has 0 radical (unpaired) electrons. The van der Waals surface area contributed by atoms with Crippen molar-refractivity contribution in [1.29, 1.82) is 0 Å². The minimum Gasteiger partial charge on any atom is -0.381 e. The van der Waals surface area contributed by atoms with Crippen molar-refractivity contribution in [3.8, 4) is 0 Å². The third kappa shape index (κ3) is 3.57. The highest BCUT2D eigenvalue weighted by atomic mass is 35.5. The number of nitrogens with zero attached hydrogens (tertiary/aromatic N) is 2. The first-order valence-electron chi connectivity index (χ1n) is 7.54. The van der Waals surface area contributed by atoms with Crippen molar-refractivity contribution in [1.82, 2.24) is 9.97 Å². The van der Waals surface area contributed by atoms with Crippen molar-refractivity contribution in [2.75, 3.05) is 18.5 Å². The van der Waals surface area contributed by atoms with E-state index in [0.717, 1.165) is 36.0 Å². The first-order chi connectivity index (χ1) is 10.6. The molecule has 0 unspecified atom stereocenters. The Morgan fingerprint density at radius 2 is 1.86 bits per heavy atom. The van der Waals surface area contributed by atoms with Crippen molar-refractivity contribution < 1.29 is 4.74 Å². The van der Waals surface area contributed by atoms with E-state index in [1.807, 2.05) is 32.0 Å². The van der Waals surface area contributed by atoms with Gasteiger partial charge in [0.15, 0.2) is 0 Å². The summed E-state index contributed by atoms with van der Waals surface area (Å²) in [6.45, 7) is 5.53. The summed E-state index contributed by atoms with van der Waals surface area (Å²) >= 11 is 6.01. The summed E-state index contributed by atoms with van der Waals surface area (Å²) in [6, 6.07) is 10.1. The lowest BCUT2D eigenvalue weighted by atomic mass is 9.92. The Balaban J connectivity index is 1.89. The summed E-state index contributed by atoms with van der Waals surface area (Å²) in [5.41, 5.74) is 3.11. The molecule has 4 nitrogen and oxygen atoms in total. The number of rotatable bonds is 4. The summed E-state index contributed by atoms with van der Waals surface area (Å²) < 4.78 is 5.56. The molecule has 5 heteroatoms. The van der Waals surface area contributed by atoms with Gasteiger partial charge in [0.25, 0.3) is 0 Å². The largest absolute Gasteiger partial charge is 0.381 e. The van der Waals surface area contributed by atoms with E-state index < -0.39 is 0 Å². The molecule has 1 N–H and O–H groups in total. The van der Waals surface area contributed by atoms with E-state index in [2.05, 4.69) is 27.4 Å². The van der Waals surface area contributed by atoms with Crippen LogP contribution < -0.4 is 5.32 Å². The fraction of sp³-hybridized carbons (Fsp3) is 0.412. The predicted octanol–water partition coefficient (Wildman–Crippen LogP) is 3.94. The van der Waals surface area contributed by atoms with Gasteiger partial charge < -0.3 is 10.1 Å². The summed E-state index contributed by atoms with van der Waals surface area (Å²) in [4.78, 5) is 9.00. The van der Waals surface area contributed by atoms with Crippen LogP contribution in [0.4, 0.5) is 5.95 Å². The molecule has 22 heavy (non-hydrogen) atoms. The van der Waals surface area contributed by atoms with Crippen LogP contribution >= 0.6 is 11.6 Å². The molecule has 2 heterocycles. The minimum absolute atomic E-state index is 0.126. The average Bonchev–Trinajstić information content (AvgIpc) is 2.99. The second-order valence-corrected chi connectivity index (χ2v) is 6.21. The number of hydrogen-bond donors (Lipinski definition) is 1. The van der Waals surface area contributed by atoms with E-state index in [1.165, 1.54) is 5.56 Å².